The fourth-order valence-corrected chi connectivity index (χ4v) is 3.99. The van der Waals surface area contributed by atoms with E-state index in [-0.39, 0.29) is 5.60 Å². The van der Waals surface area contributed by atoms with E-state index in [2.05, 4.69) is 15.3 Å². The number of aryl methyl sites for hydroxylation is 1. The molecule has 0 radical (unpaired) electrons. The number of hydrogen-bond donors (Lipinski definition) is 1. The maximum absolute atomic E-state index is 6.13. The summed E-state index contributed by atoms with van der Waals surface area (Å²) >= 11 is 0. The Morgan fingerprint density at radius 1 is 1.25 bits per heavy atom. The molecule has 0 amide bonds. The van der Waals surface area contributed by atoms with Crippen molar-refractivity contribution >= 4 is 5.82 Å². The molecule has 1 N–H and O–H groups in total. The lowest BCUT2D eigenvalue weighted by Crippen LogP contribution is -2.42. The summed E-state index contributed by atoms with van der Waals surface area (Å²) in [5, 5.41) is 3.63. The summed E-state index contributed by atoms with van der Waals surface area (Å²) in [5.41, 5.74) is 2.03. The van der Waals surface area contributed by atoms with Crippen molar-refractivity contribution < 1.29 is 4.74 Å². The Kier molecular flexibility index (Phi) is 4.19. The van der Waals surface area contributed by atoms with E-state index >= 15 is 0 Å². The van der Waals surface area contributed by atoms with Crippen molar-refractivity contribution in [3.05, 3.63) is 36.3 Å². The molecule has 1 aliphatic heterocycles. The molecule has 1 unspecified atom stereocenters. The van der Waals surface area contributed by atoms with Crippen LogP contribution in [0.1, 0.15) is 44.2 Å². The van der Waals surface area contributed by atoms with Gasteiger partial charge in [0.25, 0.3) is 0 Å². The van der Waals surface area contributed by atoms with E-state index in [1.54, 1.807) is 12.4 Å². The van der Waals surface area contributed by atoms with Gasteiger partial charge in [-0.25, -0.2) is 9.97 Å². The predicted molar refractivity (Wildman–Crippen MR) is 93.8 cm³/mol. The van der Waals surface area contributed by atoms with Crippen molar-refractivity contribution in [1.29, 1.82) is 0 Å². The summed E-state index contributed by atoms with van der Waals surface area (Å²) < 4.78 is 6.13. The minimum atomic E-state index is 0.115. The predicted octanol–water partition coefficient (Wildman–Crippen LogP) is 3.75. The lowest BCUT2D eigenvalue weighted by Gasteiger charge is -2.38. The monoisotopic (exact) mass is 324 g/mol. The largest absolute Gasteiger partial charge is 0.375 e. The highest BCUT2D eigenvalue weighted by molar-refractivity contribution is 5.56. The first kappa shape index (κ1) is 15.5. The molecular weight excluding hydrogens is 300 g/mol. The summed E-state index contributed by atoms with van der Waals surface area (Å²) in [6.45, 7) is 2.85. The number of pyridine rings is 1. The fourth-order valence-electron chi connectivity index (χ4n) is 3.99. The molecule has 1 aliphatic carbocycles. The van der Waals surface area contributed by atoms with Crippen molar-refractivity contribution in [3.8, 4) is 11.4 Å². The van der Waals surface area contributed by atoms with Crippen LogP contribution in [0.3, 0.4) is 0 Å². The van der Waals surface area contributed by atoms with Gasteiger partial charge in [-0.1, -0.05) is 12.8 Å². The second-order valence-corrected chi connectivity index (χ2v) is 7.03. The Morgan fingerprint density at radius 2 is 2.12 bits per heavy atom. The van der Waals surface area contributed by atoms with E-state index in [0.717, 1.165) is 42.3 Å². The van der Waals surface area contributed by atoms with Gasteiger partial charge < -0.3 is 10.1 Å². The van der Waals surface area contributed by atoms with Crippen LogP contribution < -0.4 is 5.32 Å². The molecule has 126 valence electrons. The van der Waals surface area contributed by atoms with Gasteiger partial charge in [0.2, 0.25) is 0 Å². The average Bonchev–Trinajstić information content (AvgIpc) is 3.03. The van der Waals surface area contributed by atoms with Crippen molar-refractivity contribution in [1.82, 2.24) is 15.0 Å². The minimum absolute atomic E-state index is 0.115. The highest BCUT2D eigenvalue weighted by atomic mass is 16.5. The van der Waals surface area contributed by atoms with Crippen LogP contribution in [-0.2, 0) is 4.74 Å². The van der Waals surface area contributed by atoms with Crippen LogP contribution in [0.15, 0.2) is 30.6 Å². The van der Waals surface area contributed by atoms with E-state index in [9.17, 15) is 0 Å². The quantitative estimate of drug-likeness (QED) is 0.931. The fraction of sp³-hybridized carbons (Fsp3) is 0.526. The maximum atomic E-state index is 6.13. The summed E-state index contributed by atoms with van der Waals surface area (Å²) in [4.78, 5) is 13.4. The van der Waals surface area contributed by atoms with E-state index in [0.29, 0.717) is 6.04 Å². The van der Waals surface area contributed by atoms with E-state index in [1.807, 2.05) is 25.1 Å². The SMILES string of the molecule is Cc1cc(NC2CCOC3(CCCC3)C2)nc(-c2cccnc2)n1. The normalized spacial score (nSPS) is 22.6. The Bertz CT molecular complexity index is 698. The van der Waals surface area contributed by atoms with Crippen LogP contribution in [0.25, 0.3) is 11.4 Å². The number of nitrogens with one attached hydrogen (secondary N) is 1. The third-order valence-corrected chi connectivity index (χ3v) is 5.13. The van der Waals surface area contributed by atoms with Gasteiger partial charge in [0.15, 0.2) is 5.82 Å². The number of aromatic nitrogens is 3. The molecule has 5 heteroatoms. The van der Waals surface area contributed by atoms with Gasteiger partial charge in [-0.3, -0.25) is 4.98 Å². The van der Waals surface area contributed by atoms with Gasteiger partial charge in [-0.15, -0.1) is 0 Å². The first-order valence-corrected chi connectivity index (χ1v) is 8.89. The molecule has 1 saturated heterocycles. The summed E-state index contributed by atoms with van der Waals surface area (Å²) in [7, 11) is 0. The third-order valence-electron chi connectivity index (χ3n) is 5.13. The molecule has 2 aromatic rings. The van der Waals surface area contributed by atoms with Crippen molar-refractivity contribution in [3.63, 3.8) is 0 Å². The second kappa shape index (κ2) is 6.48. The molecule has 1 atom stereocenters. The van der Waals surface area contributed by atoms with Gasteiger partial charge in [-0.05, 0) is 44.7 Å². The standard InChI is InChI=1S/C19H24N4O/c1-14-11-17(23-18(21-14)15-5-4-9-20-13-15)22-16-6-10-24-19(12-16)7-2-3-8-19/h4-5,9,11,13,16H,2-3,6-8,10,12H2,1H3,(H,21,22,23). The highest BCUT2D eigenvalue weighted by Crippen LogP contribution is 2.40. The first-order valence-electron chi connectivity index (χ1n) is 8.89. The smallest absolute Gasteiger partial charge is 0.163 e. The number of ether oxygens (including phenoxy) is 1. The van der Waals surface area contributed by atoms with Crippen LogP contribution in [0, 0.1) is 6.92 Å². The summed E-state index contributed by atoms with van der Waals surface area (Å²) in [5.74, 6) is 1.63. The van der Waals surface area contributed by atoms with Crippen LogP contribution in [0.4, 0.5) is 5.82 Å². The molecule has 1 spiro atoms. The average molecular weight is 324 g/mol. The van der Waals surface area contributed by atoms with Gasteiger partial charge in [-0.2, -0.15) is 0 Å². The second-order valence-electron chi connectivity index (χ2n) is 7.03. The Balaban J connectivity index is 1.53. The third kappa shape index (κ3) is 3.26. The zero-order valence-corrected chi connectivity index (χ0v) is 14.2. The number of anilines is 1. The van der Waals surface area contributed by atoms with E-state index in [4.69, 9.17) is 9.72 Å². The Morgan fingerprint density at radius 3 is 2.92 bits per heavy atom. The molecule has 0 bridgehead atoms. The topological polar surface area (TPSA) is 59.9 Å². The lowest BCUT2D eigenvalue weighted by atomic mass is 9.89. The molecular formula is C19H24N4O. The number of hydrogen-bond acceptors (Lipinski definition) is 5. The molecule has 2 aromatic heterocycles. The van der Waals surface area contributed by atoms with Crippen LogP contribution in [-0.4, -0.2) is 33.2 Å². The summed E-state index contributed by atoms with van der Waals surface area (Å²) in [6, 6.07) is 6.36. The summed E-state index contributed by atoms with van der Waals surface area (Å²) in [6.07, 6.45) is 10.7. The zero-order chi connectivity index (χ0) is 16.4. The first-order chi connectivity index (χ1) is 11.7. The van der Waals surface area contributed by atoms with Gasteiger partial charge in [0, 0.05) is 42.4 Å². The highest BCUT2D eigenvalue weighted by Gasteiger charge is 2.39. The molecule has 2 aliphatic rings. The zero-order valence-electron chi connectivity index (χ0n) is 14.2. The molecule has 24 heavy (non-hydrogen) atoms. The molecule has 0 aromatic carbocycles. The van der Waals surface area contributed by atoms with Crippen molar-refractivity contribution in [2.75, 3.05) is 11.9 Å². The molecule has 1 saturated carbocycles. The Labute approximate surface area is 142 Å². The number of nitrogens with zero attached hydrogens (tertiary/aromatic N) is 3. The van der Waals surface area contributed by atoms with Gasteiger partial charge >= 0.3 is 0 Å². The van der Waals surface area contributed by atoms with E-state index < -0.39 is 0 Å². The van der Waals surface area contributed by atoms with E-state index in [1.165, 1.54) is 25.7 Å². The maximum Gasteiger partial charge on any atom is 0.163 e. The van der Waals surface area contributed by atoms with Crippen LogP contribution >= 0.6 is 0 Å². The molecule has 4 rings (SSSR count). The van der Waals surface area contributed by atoms with Gasteiger partial charge in [0.1, 0.15) is 5.82 Å². The number of rotatable bonds is 3. The van der Waals surface area contributed by atoms with Gasteiger partial charge in [0.05, 0.1) is 5.60 Å². The van der Waals surface area contributed by atoms with Crippen molar-refractivity contribution in [2.24, 2.45) is 0 Å². The van der Waals surface area contributed by atoms with Crippen molar-refractivity contribution in [2.45, 2.75) is 57.1 Å². The minimum Gasteiger partial charge on any atom is -0.375 e. The molecule has 3 heterocycles. The lowest BCUT2D eigenvalue weighted by molar-refractivity contribution is -0.0767. The van der Waals surface area contributed by atoms with Crippen LogP contribution in [0.5, 0.6) is 0 Å². The molecule has 2 fully saturated rings. The van der Waals surface area contributed by atoms with Crippen LogP contribution in [0.2, 0.25) is 0 Å². The molecule has 5 nitrogen and oxygen atoms in total. The Hall–Kier alpha value is -2.01.